The van der Waals surface area contributed by atoms with Crippen LogP contribution in [0, 0.1) is 20.8 Å². The molecule has 0 aliphatic carbocycles. The molecule has 2 nitrogen and oxygen atoms in total. The molecule has 2 aromatic rings. The molecule has 98 valence electrons. The minimum Gasteiger partial charge on any atom is -0.313 e. The Labute approximate surface area is 114 Å². The minimum absolute atomic E-state index is 0.244. The number of rotatable bonds is 3. The first kappa shape index (κ1) is 13.8. The lowest BCUT2D eigenvalue weighted by Gasteiger charge is -2.10. The van der Waals surface area contributed by atoms with Crippen LogP contribution >= 0.6 is 7.80 Å². The Morgan fingerprint density at radius 2 is 1.47 bits per heavy atom. The molecule has 0 saturated carbocycles. The molecule has 0 spiro atoms. The molecule has 0 N–H and O–H groups in total. The van der Waals surface area contributed by atoms with Gasteiger partial charge in [-0.25, -0.2) is 0 Å². The smallest absolute Gasteiger partial charge is 0.223 e. The van der Waals surface area contributed by atoms with E-state index in [0.717, 1.165) is 16.7 Å². The van der Waals surface area contributed by atoms with Crippen LogP contribution in [0.15, 0.2) is 42.5 Å². The molecule has 0 saturated heterocycles. The Kier molecular flexibility index (Phi) is 4.01. The van der Waals surface area contributed by atoms with E-state index >= 15 is 0 Å². The second kappa shape index (κ2) is 5.54. The van der Waals surface area contributed by atoms with Crippen LogP contribution in [-0.4, -0.2) is 5.52 Å². The third-order valence-corrected chi connectivity index (χ3v) is 4.67. The summed E-state index contributed by atoms with van der Waals surface area (Å²) in [5, 5.41) is 0.622. The van der Waals surface area contributed by atoms with Gasteiger partial charge in [0.2, 0.25) is 5.52 Å². The van der Waals surface area contributed by atoms with Crippen molar-refractivity contribution in [1.29, 1.82) is 0 Å². The SMILES string of the molecule is Cc1cc(C)c(C(=O)[PH](=O)c2ccccc2)c(C)c1. The van der Waals surface area contributed by atoms with Crippen LogP contribution < -0.4 is 5.30 Å². The van der Waals surface area contributed by atoms with E-state index in [2.05, 4.69) is 0 Å². The molecule has 19 heavy (non-hydrogen) atoms. The Balaban J connectivity index is 2.44. The Hall–Kier alpha value is -1.66. The third kappa shape index (κ3) is 2.85. The lowest BCUT2D eigenvalue weighted by molar-refractivity contribution is 0.107. The molecule has 0 aliphatic rings. The normalized spacial score (nSPS) is 12.2. The van der Waals surface area contributed by atoms with Gasteiger partial charge in [0, 0.05) is 10.9 Å². The van der Waals surface area contributed by atoms with Crippen molar-refractivity contribution >= 4 is 18.6 Å². The van der Waals surface area contributed by atoms with Gasteiger partial charge in [-0.15, -0.1) is 0 Å². The van der Waals surface area contributed by atoms with Gasteiger partial charge in [0.15, 0.2) is 7.80 Å². The summed E-state index contributed by atoms with van der Waals surface area (Å²) < 4.78 is 12.4. The van der Waals surface area contributed by atoms with E-state index in [4.69, 9.17) is 0 Å². The molecule has 3 heteroatoms. The summed E-state index contributed by atoms with van der Waals surface area (Å²) in [4.78, 5) is 12.4. The molecular weight excluding hydrogens is 255 g/mol. The van der Waals surface area contributed by atoms with Gasteiger partial charge in [-0.05, 0) is 31.9 Å². The highest BCUT2D eigenvalue weighted by Crippen LogP contribution is 2.30. The summed E-state index contributed by atoms with van der Waals surface area (Å²) in [6.45, 7) is 5.79. The van der Waals surface area contributed by atoms with Gasteiger partial charge in [0.05, 0.1) is 0 Å². The van der Waals surface area contributed by atoms with Gasteiger partial charge in [0.25, 0.3) is 0 Å². The molecule has 1 atom stereocenters. The van der Waals surface area contributed by atoms with Gasteiger partial charge in [-0.3, -0.25) is 4.79 Å². The highest BCUT2D eigenvalue weighted by molar-refractivity contribution is 7.71. The summed E-state index contributed by atoms with van der Waals surface area (Å²) in [6.07, 6.45) is 0. The Morgan fingerprint density at radius 1 is 0.947 bits per heavy atom. The summed E-state index contributed by atoms with van der Waals surface area (Å²) in [7, 11) is -2.44. The maximum Gasteiger partial charge on any atom is 0.223 e. The van der Waals surface area contributed by atoms with Crippen molar-refractivity contribution in [3.63, 3.8) is 0 Å². The number of carbonyl (C=O) groups excluding carboxylic acids is 1. The van der Waals surface area contributed by atoms with Gasteiger partial charge in [-0.1, -0.05) is 48.0 Å². The molecule has 0 bridgehead atoms. The van der Waals surface area contributed by atoms with E-state index in [0.29, 0.717) is 10.9 Å². The van der Waals surface area contributed by atoms with Gasteiger partial charge in [-0.2, -0.15) is 0 Å². The maximum absolute atomic E-state index is 12.4. The van der Waals surface area contributed by atoms with Gasteiger partial charge in [0.1, 0.15) is 0 Å². The largest absolute Gasteiger partial charge is 0.313 e. The van der Waals surface area contributed by atoms with Crippen molar-refractivity contribution in [2.75, 3.05) is 0 Å². The number of hydrogen-bond acceptors (Lipinski definition) is 2. The van der Waals surface area contributed by atoms with Crippen LogP contribution in [0.5, 0.6) is 0 Å². The van der Waals surface area contributed by atoms with Crippen LogP contribution in [0.25, 0.3) is 0 Å². The van der Waals surface area contributed by atoms with E-state index in [9.17, 15) is 9.36 Å². The fourth-order valence-electron chi connectivity index (χ4n) is 2.37. The predicted molar refractivity (Wildman–Crippen MR) is 80.1 cm³/mol. The third-order valence-electron chi connectivity index (χ3n) is 3.15. The molecule has 0 amide bonds. The minimum atomic E-state index is -2.44. The fraction of sp³-hybridized carbons (Fsp3) is 0.188. The molecule has 0 aliphatic heterocycles. The molecule has 1 unspecified atom stereocenters. The van der Waals surface area contributed by atoms with E-state index in [1.807, 2.05) is 39.0 Å². The van der Waals surface area contributed by atoms with Crippen LogP contribution in [-0.2, 0) is 4.57 Å². The number of hydrogen-bond donors (Lipinski definition) is 0. The zero-order valence-electron chi connectivity index (χ0n) is 11.4. The Bertz CT molecular complexity index is 622. The van der Waals surface area contributed by atoms with Crippen molar-refractivity contribution in [3.8, 4) is 0 Å². The first-order valence-corrected chi connectivity index (χ1v) is 7.63. The summed E-state index contributed by atoms with van der Waals surface area (Å²) in [5.41, 5.74) is 3.28. The average Bonchev–Trinajstić information content (AvgIpc) is 2.37. The standard InChI is InChI=1S/C16H17O2P/c1-11-9-12(2)15(13(3)10-11)16(17)19(18)14-7-5-4-6-8-14/h4-10,19H,1-3H3. The zero-order chi connectivity index (χ0) is 14.0. The zero-order valence-corrected chi connectivity index (χ0v) is 12.4. The molecule has 0 heterocycles. The van der Waals surface area contributed by atoms with Gasteiger partial charge >= 0.3 is 0 Å². The van der Waals surface area contributed by atoms with Crippen LogP contribution in [0.4, 0.5) is 0 Å². The van der Waals surface area contributed by atoms with Crippen molar-refractivity contribution < 1.29 is 9.36 Å². The Morgan fingerprint density at radius 3 is 2.00 bits per heavy atom. The highest BCUT2D eigenvalue weighted by atomic mass is 31.1. The van der Waals surface area contributed by atoms with E-state index in [-0.39, 0.29) is 5.52 Å². The van der Waals surface area contributed by atoms with Crippen molar-refractivity contribution in [1.82, 2.24) is 0 Å². The quantitative estimate of drug-likeness (QED) is 0.799. The molecule has 0 fully saturated rings. The average molecular weight is 272 g/mol. The van der Waals surface area contributed by atoms with Crippen LogP contribution in [0.3, 0.4) is 0 Å². The van der Waals surface area contributed by atoms with Gasteiger partial charge < -0.3 is 4.57 Å². The fourth-order valence-corrected chi connectivity index (χ4v) is 3.75. The molecule has 0 radical (unpaired) electrons. The maximum atomic E-state index is 12.4. The van der Waals surface area contributed by atoms with Crippen molar-refractivity contribution in [2.24, 2.45) is 0 Å². The summed E-state index contributed by atoms with van der Waals surface area (Å²) >= 11 is 0. The molecule has 2 rings (SSSR count). The van der Waals surface area contributed by atoms with Crippen molar-refractivity contribution in [3.05, 3.63) is 64.7 Å². The van der Waals surface area contributed by atoms with E-state index in [1.54, 1.807) is 24.3 Å². The second-order valence-electron chi connectivity index (χ2n) is 4.80. The van der Waals surface area contributed by atoms with Crippen LogP contribution in [0.1, 0.15) is 27.0 Å². The monoisotopic (exact) mass is 272 g/mol. The van der Waals surface area contributed by atoms with E-state index in [1.165, 1.54) is 0 Å². The first-order valence-electron chi connectivity index (χ1n) is 6.22. The molecular formula is C16H17O2P. The highest BCUT2D eigenvalue weighted by Gasteiger charge is 2.20. The molecule has 0 aromatic heterocycles. The lowest BCUT2D eigenvalue weighted by Crippen LogP contribution is -2.07. The predicted octanol–water partition coefficient (Wildman–Crippen LogP) is 3.64. The summed E-state index contributed by atoms with van der Waals surface area (Å²) in [6, 6.07) is 12.9. The van der Waals surface area contributed by atoms with Crippen molar-refractivity contribution in [2.45, 2.75) is 20.8 Å². The number of carbonyl (C=O) groups is 1. The summed E-state index contributed by atoms with van der Waals surface area (Å²) in [5.74, 6) is 0. The number of aryl methyl sites for hydroxylation is 3. The lowest BCUT2D eigenvalue weighted by atomic mass is 10.0. The van der Waals surface area contributed by atoms with E-state index < -0.39 is 7.80 Å². The topological polar surface area (TPSA) is 34.1 Å². The second-order valence-corrected chi connectivity index (χ2v) is 6.49. The number of benzene rings is 2. The molecule has 2 aromatic carbocycles. The van der Waals surface area contributed by atoms with Crippen LogP contribution in [0.2, 0.25) is 0 Å². The first-order chi connectivity index (χ1) is 9.00.